The SMILES string of the molecule is O=C(O)c1c(O)c(OC(F)(F)F)cc(OC(F)(F)F)c1O. The Hall–Kier alpha value is -2.53. The van der Waals surface area contributed by atoms with Gasteiger partial charge in [-0.2, -0.15) is 0 Å². The molecule has 1 aromatic carbocycles. The molecule has 0 aliphatic heterocycles. The topological polar surface area (TPSA) is 96.2 Å². The molecule has 0 radical (unpaired) electrons. The molecule has 0 atom stereocenters. The van der Waals surface area contributed by atoms with Crippen LogP contribution < -0.4 is 9.47 Å². The lowest BCUT2D eigenvalue weighted by atomic mass is 10.1. The molecular formula is C9H4F6O6. The fourth-order valence-corrected chi connectivity index (χ4v) is 1.22. The van der Waals surface area contributed by atoms with E-state index in [2.05, 4.69) is 9.47 Å². The highest BCUT2D eigenvalue weighted by Crippen LogP contribution is 2.46. The second kappa shape index (κ2) is 5.10. The predicted octanol–water partition coefficient (Wildman–Crippen LogP) is 2.59. The molecular weight excluding hydrogens is 318 g/mol. The Balaban J connectivity index is 3.49. The summed E-state index contributed by atoms with van der Waals surface area (Å²) in [5.41, 5.74) is -1.64. The van der Waals surface area contributed by atoms with Crippen molar-refractivity contribution in [2.24, 2.45) is 0 Å². The van der Waals surface area contributed by atoms with Gasteiger partial charge in [-0.3, -0.25) is 0 Å². The van der Waals surface area contributed by atoms with Crippen LogP contribution in [0, 0.1) is 0 Å². The summed E-state index contributed by atoms with van der Waals surface area (Å²) in [6.45, 7) is 0. The minimum Gasteiger partial charge on any atom is -0.504 e. The van der Waals surface area contributed by atoms with Crippen molar-refractivity contribution in [2.45, 2.75) is 12.7 Å². The summed E-state index contributed by atoms with van der Waals surface area (Å²) in [5.74, 6) is -9.00. The van der Waals surface area contributed by atoms with Gasteiger partial charge < -0.3 is 24.8 Å². The molecule has 0 aromatic heterocycles. The molecule has 0 saturated heterocycles. The van der Waals surface area contributed by atoms with E-state index in [-0.39, 0.29) is 6.07 Å². The molecule has 12 heteroatoms. The first-order chi connectivity index (χ1) is 9.32. The summed E-state index contributed by atoms with van der Waals surface area (Å²) >= 11 is 0. The molecule has 0 aliphatic carbocycles. The number of phenols is 2. The van der Waals surface area contributed by atoms with Gasteiger partial charge in [0.25, 0.3) is 0 Å². The molecule has 0 heterocycles. The van der Waals surface area contributed by atoms with Crippen molar-refractivity contribution >= 4 is 5.97 Å². The third-order valence-corrected chi connectivity index (χ3v) is 1.87. The fraction of sp³-hybridized carbons (Fsp3) is 0.222. The Kier molecular flexibility index (Phi) is 4.02. The lowest BCUT2D eigenvalue weighted by Crippen LogP contribution is -2.20. The maximum absolute atomic E-state index is 12.0. The highest BCUT2D eigenvalue weighted by molar-refractivity contribution is 5.96. The Bertz CT molecular complexity index is 523. The quantitative estimate of drug-likeness (QED) is 0.740. The number of carbonyl (C=O) groups is 1. The van der Waals surface area contributed by atoms with Gasteiger partial charge in [0.2, 0.25) is 0 Å². The average Bonchev–Trinajstić information content (AvgIpc) is 2.20. The van der Waals surface area contributed by atoms with Crippen LogP contribution in [0.3, 0.4) is 0 Å². The van der Waals surface area contributed by atoms with E-state index in [1.54, 1.807) is 0 Å². The number of aromatic carboxylic acids is 1. The normalized spacial score (nSPS) is 12.1. The maximum atomic E-state index is 12.0. The minimum atomic E-state index is -5.43. The molecule has 21 heavy (non-hydrogen) atoms. The van der Waals surface area contributed by atoms with Gasteiger partial charge in [0.05, 0.1) is 0 Å². The van der Waals surface area contributed by atoms with E-state index in [1.165, 1.54) is 0 Å². The van der Waals surface area contributed by atoms with Crippen molar-refractivity contribution in [3.63, 3.8) is 0 Å². The van der Waals surface area contributed by atoms with Crippen molar-refractivity contribution < 1.29 is 55.9 Å². The zero-order valence-corrected chi connectivity index (χ0v) is 9.41. The highest BCUT2D eigenvalue weighted by atomic mass is 19.4. The first-order valence-corrected chi connectivity index (χ1v) is 4.65. The van der Waals surface area contributed by atoms with Gasteiger partial charge in [-0.05, 0) is 0 Å². The van der Waals surface area contributed by atoms with Gasteiger partial charge in [-0.1, -0.05) is 0 Å². The molecule has 0 saturated carbocycles. The fourth-order valence-electron chi connectivity index (χ4n) is 1.22. The number of ether oxygens (including phenoxy) is 2. The molecule has 118 valence electrons. The molecule has 0 fully saturated rings. The lowest BCUT2D eigenvalue weighted by molar-refractivity contribution is -0.277. The van der Waals surface area contributed by atoms with Gasteiger partial charge in [0.1, 0.15) is 0 Å². The van der Waals surface area contributed by atoms with Gasteiger partial charge in [0.15, 0.2) is 28.6 Å². The van der Waals surface area contributed by atoms with Gasteiger partial charge in [-0.25, -0.2) is 4.79 Å². The first kappa shape index (κ1) is 16.5. The molecule has 1 aromatic rings. The summed E-state index contributed by atoms with van der Waals surface area (Å²) in [5, 5.41) is 27.0. The van der Waals surface area contributed by atoms with E-state index in [0.717, 1.165) is 0 Å². The zero-order chi connectivity index (χ0) is 16.6. The van der Waals surface area contributed by atoms with Crippen molar-refractivity contribution in [2.75, 3.05) is 0 Å². The number of hydrogen-bond acceptors (Lipinski definition) is 5. The van der Waals surface area contributed by atoms with E-state index in [0.29, 0.717) is 0 Å². The molecule has 0 aliphatic rings. The Morgan fingerprint density at radius 3 is 1.48 bits per heavy atom. The maximum Gasteiger partial charge on any atom is 0.573 e. The second-order valence-corrected chi connectivity index (χ2v) is 3.35. The number of benzene rings is 1. The van der Waals surface area contributed by atoms with Crippen LogP contribution >= 0.6 is 0 Å². The number of rotatable bonds is 3. The van der Waals surface area contributed by atoms with Gasteiger partial charge in [-0.15, -0.1) is 26.3 Å². The van der Waals surface area contributed by atoms with Crippen LogP contribution in [0.25, 0.3) is 0 Å². The Morgan fingerprint density at radius 1 is 0.905 bits per heavy atom. The smallest absolute Gasteiger partial charge is 0.504 e. The van der Waals surface area contributed by atoms with Crippen LogP contribution in [-0.4, -0.2) is 34.0 Å². The molecule has 6 nitrogen and oxygen atoms in total. The molecule has 1 rings (SSSR count). The number of carboxylic acid groups (broad SMARTS) is 1. The number of alkyl halides is 6. The summed E-state index contributed by atoms with van der Waals surface area (Å²) in [6, 6.07) is -0.155. The van der Waals surface area contributed by atoms with Crippen LogP contribution in [0.4, 0.5) is 26.3 Å². The van der Waals surface area contributed by atoms with Crippen LogP contribution in [0.2, 0.25) is 0 Å². The summed E-state index contributed by atoms with van der Waals surface area (Å²) in [6.07, 6.45) is -10.9. The third kappa shape index (κ3) is 4.22. The largest absolute Gasteiger partial charge is 0.573 e. The summed E-state index contributed by atoms with van der Waals surface area (Å²) in [4.78, 5) is 10.7. The van der Waals surface area contributed by atoms with Crippen LogP contribution in [0.1, 0.15) is 10.4 Å². The van der Waals surface area contributed by atoms with Gasteiger partial charge >= 0.3 is 18.7 Å². The second-order valence-electron chi connectivity index (χ2n) is 3.35. The van der Waals surface area contributed by atoms with Crippen molar-refractivity contribution in [1.82, 2.24) is 0 Å². The van der Waals surface area contributed by atoms with Crippen molar-refractivity contribution in [3.8, 4) is 23.0 Å². The number of halogens is 6. The zero-order valence-electron chi connectivity index (χ0n) is 9.41. The van der Waals surface area contributed by atoms with Gasteiger partial charge in [0, 0.05) is 6.07 Å². The predicted molar refractivity (Wildman–Crippen MR) is 50.1 cm³/mol. The van der Waals surface area contributed by atoms with Crippen molar-refractivity contribution in [1.29, 1.82) is 0 Å². The van der Waals surface area contributed by atoms with E-state index < -0.39 is 47.3 Å². The van der Waals surface area contributed by atoms with E-state index in [1.807, 2.05) is 0 Å². The number of hydrogen-bond donors (Lipinski definition) is 3. The average molecular weight is 322 g/mol. The van der Waals surface area contributed by atoms with Crippen molar-refractivity contribution in [3.05, 3.63) is 11.6 Å². The lowest BCUT2D eigenvalue weighted by Gasteiger charge is -2.16. The van der Waals surface area contributed by atoms with Crippen LogP contribution in [0.15, 0.2) is 6.07 Å². The summed E-state index contributed by atoms with van der Waals surface area (Å²) < 4.78 is 78.4. The molecule has 0 unspecified atom stereocenters. The Labute approximate surface area is 110 Å². The molecule has 3 N–H and O–H groups in total. The van der Waals surface area contributed by atoms with E-state index in [4.69, 9.17) is 5.11 Å². The monoisotopic (exact) mass is 322 g/mol. The van der Waals surface area contributed by atoms with E-state index in [9.17, 15) is 41.4 Å². The van der Waals surface area contributed by atoms with Crippen LogP contribution in [-0.2, 0) is 0 Å². The standard InChI is InChI=1S/C9H4F6O6/c10-8(11,12)20-2-1-3(21-9(13,14)15)6(17)4(5(2)16)7(18)19/h1,16-17H,(H,18,19). The molecule has 0 amide bonds. The first-order valence-electron chi connectivity index (χ1n) is 4.65. The third-order valence-electron chi connectivity index (χ3n) is 1.87. The molecule has 0 bridgehead atoms. The Morgan fingerprint density at radius 2 is 1.24 bits per heavy atom. The minimum absolute atomic E-state index is 0.155. The number of carboxylic acids is 1. The summed E-state index contributed by atoms with van der Waals surface area (Å²) in [7, 11) is 0. The molecule has 0 spiro atoms. The number of aromatic hydroxyl groups is 2. The van der Waals surface area contributed by atoms with Crippen LogP contribution in [0.5, 0.6) is 23.0 Å². The van der Waals surface area contributed by atoms with E-state index >= 15 is 0 Å². The highest BCUT2D eigenvalue weighted by Gasteiger charge is 2.38.